The number of hydrogen-bond donors (Lipinski definition) is 3. The fourth-order valence-electron chi connectivity index (χ4n) is 1.92. The molecule has 1 atom stereocenters. The van der Waals surface area contributed by atoms with Gasteiger partial charge in [0.1, 0.15) is 5.75 Å². The molecule has 1 rings (SSSR count). The lowest BCUT2D eigenvalue weighted by molar-refractivity contribution is 0.0793. The van der Waals surface area contributed by atoms with Crippen LogP contribution in [0.4, 0.5) is 0 Å². The van der Waals surface area contributed by atoms with Crippen LogP contribution in [-0.2, 0) is 0 Å². The van der Waals surface area contributed by atoms with Crippen molar-refractivity contribution in [1.82, 2.24) is 5.32 Å². The van der Waals surface area contributed by atoms with Crippen LogP contribution in [0.3, 0.4) is 0 Å². The summed E-state index contributed by atoms with van der Waals surface area (Å²) in [5.41, 5.74) is 0.428. The summed E-state index contributed by atoms with van der Waals surface area (Å²) in [5.74, 6) is 0.802. The summed E-state index contributed by atoms with van der Waals surface area (Å²) in [4.78, 5) is 0. The van der Waals surface area contributed by atoms with Gasteiger partial charge in [-0.25, -0.2) is 0 Å². The first-order valence-electron chi connectivity index (χ1n) is 6.24. The van der Waals surface area contributed by atoms with Crippen LogP contribution >= 0.6 is 0 Å². The molecule has 3 N–H and O–H groups in total. The van der Waals surface area contributed by atoms with Crippen molar-refractivity contribution in [2.75, 3.05) is 20.3 Å². The van der Waals surface area contributed by atoms with Crippen LogP contribution in [0.15, 0.2) is 24.3 Å². The highest BCUT2D eigenvalue weighted by Crippen LogP contribution is 2.22. The molecule has 1 aromatic rings. The molecule has 0 aromatic heterocycles. The number of methoxy groups -OCH3 is 1. The second-order valence-electron chi connectivity index (χ2n) is 4.59. The average molecular weight is 253 g/mol. The number of ether oxygens (including phenoxy) is 1. The highest BCUT2D eigenvalue weighted by atomic mass is 16.5. The third kappa shape index (κ3) is 3.45. The van der Waals surface area contributed by atoms with Gasteiger partial charge in [0, 0.05) is 6.04 Å². The Morgan fingerprint density at radius 3 is 2.50 bits per heavy atom. The number of benzene rings is 1. The van der Waals surface area contributed by atoms with Crippen LogP contribution < -0.4 is 10.1 Å². The summed E-state index contributed by atoms with van der Waals surface area (Å²) in [6.45, 7) is 3.77. The molecule has 0 saturated carbocycles. The Balaban J connectivity index is 2.83. The molecular weight excluding hydrogens is 230 g/mol. The van der Waals surface area contributed by atoms with Crippen molar-refractivity contribution in [3.8, 4) is 5.75 Å². The molecule has 0 bridgehead atoms. The normalized spacial score (nSPS) is 13.4. The van der Waals surface area contributed by atoms with Crippen LogP contribution in [0.25, 0.3) is 0 Å². The molecule has 0 aliphatic rings. The highest BCUT2D eigenvalue weighted by molar-refractivity contribution is 5.30. The Kier molecular flexibility index (Phi) is 5.59. The second-order valence-corrected chi connectivity index (χ2v) is 4.59. The Labute approximate surface area is 109 Å². The van der Waals surface area contributed by atoms with Gasteiger partial charge >= 0.3 is 0 Å². The van der Waals surface area contributed by atoms with Crippen molar-refractivity contribution < 1.29 is 14.9 Å². The largest absolute Gasteiger partial charge is 0.497 e. The molecule has 0 aliphatic carbocycles. The Hall–Kier alpha value is -1.10. The summed E-state index contributed by atoms with van der Waals surface area (Å²) in [6.07, 6.45) is 0.661. The lowest BCUT2D eigenvalue weighted by Crippen LogP contribution is -2.52. The van der Waals surface area contributed by atoms with E-state index >= 15 is 0 Å². The Morgan fingerprint density at radius 1 is 1.33 bits per heavy atom. The van der Waals surface area contributed by atoms with E-state index in [-0.39, 0.29) is 19.3 Å². The molecule has 0 saturated heterocycles. The summed E-state index contributed by atoms with van der Waals surface area (Å²) in [7, 11) is 1.63. The number of hydrogen-bond acceptors (Lipinski definition) is 4. The standard InChI is InChI=1S/C14H23NO3/c1-4-14(9-16,10-17)15-11(2)12-6-5-7-13(8-12)18-3/h5-8,11,15-17H,4,9-10H2,1-3H3. The lowest BCUT2D eigenvalue weighted by atomic mass is 9.95. The van der Waals surface area contributed by atoms with Crippen molar-refractivity contribution in [1.29, 1.82) is 0 Å². The fourth-order valence-corrected chi connectivity index (χ4v) is 1.92. The van der Waals surface area contributed by atoms with Crippen LogP contribution in [-0.4, -0.2) is 36.1 Å². The third-order valence-corrected chi connectivity index (χ3v) is 3.40. The monoisotopic (exact) mass is 253 g/mol. The molecule has 4 heteroatoms. The van der Waals surface area contributed by atoms with Crippen molar-refractivity contribution in [2.45, 2.75) is 31.8 Å². The van der Waals surface area contributed by atoms with Crippen molar-refractivity contribution >= 4 is 0 Å². The lowest BCUT2D eigenvalue weighted by Gasteiger charge is -2.33. The zero-order valence-corrected chi connectivity index (χ0v) is 11.3. The third-order valence-electron chi connectivity index (χ3n) is 3.40. The first-order chi connectivity index (χ1) is 8.60. The van der Waals surface area contributed by atoms with E-state index < -0.39 is 5.54 Å². The molecule has 1 unspecified atom stereocenters. The van der Waals surface area contributed by atoms with Crippen LogP contribution in [0.5, 0.6) is 5.75 Å². The maximum absolute atomic E-state index is 9.43. The van der Waals surface area contributed by atoms with Gasteiger partial charge in [0.05, 0.1) is 25.9 Å². The van der Waals surface area contributed by atoms with Gasteiger partial charge in [-0.1, -0.05) is 19.1 Å². The van der Waals surface area contributed by atoms with Gasteiger partial charge in [0.15, 0.2) is 0 Å². The fraction of sp³-hybridized carbons (Fsp3) is 0.571. The molecule has 0 aliphatic heterocycles. The second kappa shape index (κ2) is 6.73. The van der Waals surface area contributed by atoms with E-state index in [0.717, 1.165) is 11.3 Å². The van der Waals surface area contributed by atoms with Gasteiger partial charge in [0.2, 0.25) is 0 Å². The van der Waals surface area contributed by atoms with Gasteiger partial charge in [-0.05, 0) is 31.0 Å². The van der Waals surface area contributed by atoms with Gasteiger partial charge in [-0.2, -0.15) is 0 Å². The summed E-state index contributed by atoms with van der Waals surface area (Å²) in [5, 5.41) is 22.1. The summed E-state index contributed by atoms with van der Waals surface area (Å²) in [6, 6.07) is 7.79. The van der Waals surface area contributed by atoms with Crippen molar-refractivity contribution in [3.05, 3.63) is 29.8 Å². The predicted octanol–water partition coefficient (Wildman–Crippen LogP) is 1.48. The molecule has 102 valence electrons. The van der Waals surface area contributed by atoms with Crippen molar-refractivity contribution in [3.63, 3.8) is 0 Å². The van der Waals surface area contributed by atoms with Gasteiger partial charge in [-0.3, -0.25) is 0 Å². The molecule has 0 radical (unpaired) electrons. The van der Waals surface area contributed by atoms with Crippen LogP contribution in [0, 0.1) is 0 Å². The molecule has 0 fully saturated rings. The summed E-state index contributed by atoms with van der Waals surface area (Å²) < 4.78 is 5.19. The van der Waals surface area contributed by atoms with Gasteiger partial charge in [0.25, 0.3) is 0 Å². The minimum absolute atomic E-state index is 0.0272. The quantitative estimate of drug-likeness (QED) is 0.689. The van der Waals surface area contributed by atoms with E-state index in [1.807, 2.05) is 38.1 Å². The molecule has 0 amide bonds. The smallest absolute Gasteiger partial charge is 0.119 e. The maximum atomic E-state index is 9.43. The van der Waals surface area contributed by atoms with E-state index in [1.165, 1.54) is 0 Å². The van der Waals surface area contributed by atoms with E-state index in [1.54, 1.807) is 7.11 Å². The number of aliphatic hydroxyl groups is 2. The van der Waals surface area contributed by atoms with E-state index in [0.29, 0.717) is 6.42 Å². The maximum Gasteiger partial charge on any atom is 0.119 e. The Morgan fingerprint density at radius 2 is 2.00 bits per heavy atom. The SMILES string of the molecule is CCC(CO)(CO)NC(C)c1cccc(OC)c1. The first kappa shape index (κ1) is 15.0. The zero-order valence-electron chi connectivity index (χ0n) is 11.3. The molecular formula is C14H23NO3. The summed E-state index contributed by atoms with van der Waals surface area (Å²) >= 11 is 0. The Bertz CT molecular complexity index is 356. The van der Waals surface area contributed by atoms with Crippen LogP contribution in [0.2, 0.25) is 0 Å². The number of nitrogens with one attached hydrogen (secondary N) is 1. The first-order valence-corrected chi connectivity index (χ1v) is 6.24. The van der Waals surface area contributed by atoms with E-state index in [9.17, 15) is 10.2 Å². The molecule has 18 heavy (non-hydrogen) atoms. The topological polar surface area (TPSA) is 61.7 Å². The van der Waals surface area contributed by atoms with Gasteiger partial charge < -0.3 is 20.3 Å². The number of rotatable bonds is 7. The minimum Gasteiger partial charge on any atom is -0.497 e. The molecule has 4 nitrogen and oxygen atoms in total. The zero-order chi connectivity index (χ0) is 13.6. The molecule has 0 spiro atoms. The van der Waals surface area contributed by atoms with E-state index in [4.69, 9.17) is 4.74 Å². The molecule has 0 heterocycles. The molecule has 1 aromatic carbocycles. The van der Waals surface area contributed by atoms with Crippen LogP contribution in [0.1, 0.15) is 31.9 Å². The number of aliphatic hydroxyl groups excluding tert-OH is 2. The minimum atomic E-state index is -0.636. The average Bonchev–Trinajstić information content (AvgIpc) is 2.44. The van der Waals surface area contributed by atoms with Crippen molar-refractivity contribution in [2.24, 2.45) is 0 Å². The predicted molar refractivity (Wildman–Crippen MR) is 71.7 cm³/mol. The highest BCUT2D eigenvalue weighted by Gasteiger charge is 2.28. The van der Waals surface area contributed by atoms with E-state index in [2.05, 4.69) is 5.32 Å². The van der Waals surface area contributed by atoms with Gasteiger partial charge in [-0.15, -0.1) is 0 Å².